The van der Waals surface area contributed by atoms with Gasteiger partial charge in [-0.1, -0.05) is 42.0 Å². The zero-order valence-electron chi connectivity index (χ0n) is 15.7. The van der Waals surface area contributed by atoms with Gasteiger partial charge >= 0.3 is 0 Å². The van der Waals surface area contributed by atoms with Crippen molar-refractivity contribution in [1.29, 1.82) is 0 Å². The fourth-order valence-electron chi connectivity index (χ4n) is 3.75. The summed E-state index contributed by atoms with van der Waals surface area (Å²) in [7, 11) is 1.98. The molecule has 0 saturated carbocycles. The maximum Gasteiger partial charge on any atom is 0.146 e. The van der Waals surface area contributed by atoms with Gasteiger partial charge in [0, 0.05) is 29.4 Å². The molecule has 0 bridgehead atoms. The number of fused-ring (bicyclic) bond motifs is 1. The smallest absolute Gasteiger partial charge is 0.146 e. The van der Waals surface area contributed by atoms with E-state index in [1.54, 1.807) is 12.5 Å². The molecular weight excluding hydrogens is 336 g/mol. The number of hydrogen-bond donors (Lipinski definition) is 2. The molecular formula is C23H26N2O2. The molecule has 1 aromatic heterocycles. The number of rotatable bonds is 7. The van der Waals surface area contributed by atoms with Gasteiger partial charge in [-0.3, -0.25) is 0 Å². The molecule has 1 aromatic carbocycles. The van der Waals surface area contributed by atoms with Crippen molar-refractivity contribution in [3.05, 3.63) is 83.9 Å². The van der Waals surface area contributed by atoms with Crippen LogP contribution in [0.4, 0.5) is 0 Å². The zero-order valence-corrected chi connectivity index (χ0v) is 15.7. The fraction of sp³-hybridized carbons (Fsp3) is 0.304. The van der Waals surface area contributed by atoms with Gasteiger partial charge in [0.15, 0.2) is 0 Å². The molecule has 0 amide bonds. The van der Waals surface area contributed by atoms with E-state index in [0.717, 1.165) is 49.3 Å². The van der Waals surface area contributed by atoms with Crippen LogP contribution < -0.4 is 5.32 Å². The second-order valence-electron chi connectivity index (χ2n) is 7.05. The van der Waals surface area contributed by atoms with Gasteiger partial charge in [0.2, 0.25) is 0 Å². The van der Waals surface area contributed by atoms with Crippen LogP contribution in [0.2, 0.25) is 0 Å². The summed E-state index contributed by atoms with van der Waals surface area (Å²) in [4.78, 5) is 3.39. The van der Waals surface area contributed by atoms with Gasteiger partial charge in [-0.05, 0) is 44.5 Å². The minimum Gasteiger partial charge on any atom is -0.466 e. The van der Waals surface area contributed by atoms with Gasteiger partial charge in [-0.25, -0.2) is 0 Å². The summed E-state index contributed by atoms with van der Waals surface area (Å²) in [6, 6.07) is 8.40. The Balaban J connectivity index is 1.56. The standard InChI is InChI=1S/C23H26N2O2/c1-24-12-11-20(21-14-25-22-10-6-5-9-19(21)22)23-16-26-15-18(27-23)13-17-7-3-2-4-8-17/h2-3,5-7,9-10,14-16,20,24-25H,4,8,11-13H2,1H3. The number of nitrogens with one attached hydrogen (secondary N) is 2. The molecule has 0 radical (unpaired) electrons. The highest BCUT2D eigenvalue weighted by Crippen LogP contribution is 2.37. The van der Waals surface area contributed by atoms with Crippen molar-refractivity contribution in [3.8, 4) is 0 Å². The third-order valence-electron chi connectivity index (χ3n) is 5.16. The summed E-state index contributed by atoms with van der Waals surface area (Å²) in [5.41, 5.74) is 3.78. The highest BCUT2D eigenvalue weighted by Gasteiger charge is 2.25. The largest absolute Gasteiger partial charge is 0.466 e. The number of aromatic nitrogens is 1. The van der Waals surface area contributed by atoms with E-state index in [1.807, 2.05) is 7.05 Å². The zero-order chi connectivity index (χ0) is 18.5. The van der Waals surface area contributed by atoms with Crippen LogP contribution in [0.25, 0.3) is 10.9 Å². The minimum atomic E-state index is 0.137. The normalized spacial score (nSPS) is 17.6. The average Bonchev–Trinajstić information content (AvgIpc) is 3.14. The molecule has 2 aromatic rings. The lowest BCUT2D eigenvalue weighted by atomic mass is 9.93. The molecule has 0 saturated heterocycles. The Kier molecular flexibility index (Phi) is 5.45. The van der Waals surface area contributed by atoms with E-state index in [1.165, 1.54) is 16.5 Å². The Morgan fingerprint density at radius 2 is 2.15 bits per heavy atom. The summed E-state index contributed by atoms with van der Waals surface area (Å²) in [5, 5.41) is 4.49. The first-order valence-electron chi connectivity index (χ1n) is 9.63. The van der Waals surface area contributed by atoms with Gasteiger partial charge < -0.3 is 19.8 Å². The Morgan fingerprint density at radius 1 is 1.22 bits per heavy atom. The van der Waals surface area contributed by atoms with E-state index < -0.39 is 0 Å². The summed E-state index contributed by atoms with van der Waals surface area (Å²) < 4.78 is 12.0. The number of para-hydroxylation sites is 1. The summed E-state index contributed by atoms with van der Waals surface area (Å²) >= 11 is 0. The van der Waals surface area contributed by atoms with Crippen molar-refractivity contribution >= 4 is 10.9 Å². The highest BCUT2D eigenvalue weighted by molar-refractivity contribution is 5.84. The first-order chi connectivity index (χ1) is 13.3. The molecule has 1 unspecified atom stereocenters. The Labute approximate surface area is 160 Å². The Hall–Kier alpha value is -2.72. The molecule has 0 fully saturated rings. The lowest BCUT2D eigenvalue weighted by Gasteiger charge is -2.24. The molecule has 0 spiro atoms. The predicted octanol–water partition coefficient (Wildman–Crippen LogP) is 5.26. The maximum atomic E-state index is 6.31. The van der Waals surface area contributed by atoms with Crippen LogP contribution in [-0.4, -0.2) is 18.6 Å². The molecule has 4 heteroatoms. The second-order valence-corrected chi connectivity index (χ2v) is 7.05. The van der Waals surface area contributed by atoms with Crippen LogP contribution in [-0.2, 0) is 9.47 Å². The first kappa shape index (κ1) is 17.7. The van der Waals surface area contributed by atoms with Gasteiger partial charge in [-0.15, -0.1) is 0 Å². The number of benzene rings is 1. The molecule has 27 heavy (non-hydrogen) atoms. The van der Waals surface area contributed by atoms with Crippen molar-refractivity contribution in [2.75, 3.05) is 13.6 Å². The van der Waals surface area contributed by atoms with Crippen LogP contribution >= 0.6 is 0 Å². The van der Waals surface area contributed by atoms with Crippen LogP contribution in [0.3, 0.4) is 0 Å². The van der Waals surface area contributed by atoms with Crippen molar-refractivity contribution in [2.45, 2.75) is 31.6 Å². The first-order valence-corrected chi connectivity index (χ1v) is 9.63. The van der Waals surface area contributed by atoms with Crippen molar-refractivity contribution in [1.82, 2.24) is 10.3 Å². The van der Waals surface area contributed by atoms with Crippen molar-refractivity contribution in [3.63, 3.8) is 0 Å². The van der Waals surface area contributed by atoms with E-state index in [2.05, 4.69) is 59.0 Å². The van der Waals surface area contributed by atoms with Gasteiger partial charge in [0.25, 0.3) is 0 Å². The van der Waals surface area contributed by atoms with Crippen LogP contribution in [0.5, 0.6) is 0 Å². The molecule has 4 rings (SSSR count). The second kappa shape index (κ2) is 8.31. The summed E-state index contributed by atoms with van der Waals surface area (Å²) in [6.45, 7) is 0.903. The molecule has 2 N–H and O–H groups in total. The maximum absolute atomic E-state index is 6.31. The lowest BCUT2D eigenvalue weighted by molar-refractivity contribution is 0.197. The summed E-state index contributed by atoms with van der Waals surface area (Å²) in [5.74, 6) is 1.89. The van der Waals surface area contributed by atoms with E-state index in [-0.39, 0.29) is 5.92 Å². The number of ether oxygens (including phenoxy) is 2. The molecule has 1 atom stereocenters. The molecule has 4 nitrogen and oxygen atoms in total. The Morgan fingerprint density at radius 3 is 3.00 bits per heavy atom. The monoisotopic (exact) mass is 362 g/mol. The quantitative estimate of drug-likeness (QED) is 0.706. The van der Waals surface area contributed by atoms with E-state index in [9.17, 15) is 0 Å². The third kappa shape index (κ3) is 4.01. The van der Waals surface area contributed by atoms with Crippen molar-refractivity contribution < 1.29 is 9.47 Å². The third-order valence-corrected chi connectivity index (χ3v) is 5.16. The minimum absolute atomic E-state index is 0.137. The molecule has 1 aliphatic heterocycles. The number of hydrogen-bond acceptors (Lipinski definition) is 3. The number of H-pyrrole nitrogens is 1. The highest BCUT2D eigenvalue weighted by atomic mass is 16.5. The van der Waals surface area contributed by atoms with E-state index >= 15 is 0 Å². The van der Waals surface area contributed by atoms with Crippen LogP contribution in [0.1, 0.15) is 37.2 Å². The fourth-order valence-corrected chi connectivity index (χ4v) is 3.75. The lowest BCUT2D eigenvalue weighted by Crippen LogP contribution is -2.16. The Bertz CT molecular complexity index is 917. The van der Waals surface area contributed by atoms with Crippen LogP contribution in [0, 0.1) is 0 Å². The number of allylic oxidation sites excluding steroid dienone is 5. The molecule has 2 heterocycles. The SMILES string of the molecule is CNCCC(C1=COC=C(CC2=CC=CCC2)O1)c1c[nH]c2ccccc12. The van der Waals surface area contributed by atoms with Gasteiger partial charge in [-0.2, -0.15) is 0 Å². The number of aromatic amines is 1. The topological polar surface area (TPSA) is 46.3 Å². The van der Waals surface area contributed by atoms with Gasteiger partial charge in [0.1, 0.15) is 24.0 Å². The van der Waals surface area contributed by atoms with Gasteiger partial charge in [0.05, 0.1) is 0 Å². The van der Waals surface area contributed by atoms with E-state index in [4.69, 9.17) is 9.47 Å². The summed E-state index contributed by atoms with van der Waals surface area (Å²) in [6.07, 6.45) is 16.0. The average molecular weight is 362 g/mol. The molecule has 140 valence electrons. The van der Waals surface area contributed by atoms with Crippen LogP contribution in [0.15, 0.2) is 78.3 Å². The van der Waals surface area contributed by atoms with E-state index in [0.29, 0.717) is 0 Å². The molecule has 2 aliphatic rings. The van der Waals surface area contributed by atoms with Crippen molar-refractivity contribution in [2.24, 2.45) is 0 Å². The predicted molar refractivity (Wildman–Crippen MR) is 109 cm³/mol. The molecule has 1 aliphatic carbocycles.